The molecule has 2 unspecified atom stereocenters. The number of carboxylic acid groups (broad SMARTS) is 1. The number of rotatable bonds is 6. The summed E-state index contributed by atoms with van der Waals surface area (Å²) in [5.41, 5.74) is 2.02. The number of hydrogen-bond donors (Lipinski definition) is 1. The lowest BCUT2D eigenvalue weighted by molar-refractivity contribution is -0.143. The van der Waals surface area contributed by atoms with Gasteiger partial charge in [-0.05, 0) is 43.1 Å². The van der Waals surface area contributed by atoms with Crippen LogP contribution in [0.2, 0.25) is 0 Å². The van der Waals surface area contributed by atoms with E-state index in [0.717, 1.165) is 24.1 Å². The third-order valence-corrected chi connectivity index (χ3v) is 4.92. The average Bonchev–Trinajstić information content (AvgIpc) is 2.69. The molecule has 2 atom stereocenters. The summed E-state index contributed by atoms with van der Waals surface area (Å²) < 4.78 is 11.1. The number of pyridine rings is 1. The molecular formula is C20H24N2O4. The number of methoxy groups -OCH3 is 2. The summed E-state index contributed by atoms with van der Waals surface area (Å²) in [6.45, 7) is 1.33. The zero-order chi connectivity index (χ0) is 18.5. The fourth-order valence-corrected chi connectivity index (χ4v) is 3.70. The number of aromatic nitrogens is 1. The van der Waals surface area contributed by atoms with Crippen molar-refractivity contribution in [1.29, 1.82) is 0 Å². The first-order chi connectivity index (χ1) is 12.7. The summed E-state index contributed by atoms with van der Waals surface area (Å²) in [6.07, 6.45) is 5.08. The number of para-hydroxylation sites is 1. The average molecular weight is 356 g/mol. The lowest BCUT2D eigenvalue weighted by atomic mass is 9.91. The number of likely N-dealkylation sites (tertiary alicyclic amines) is 1. The predicted molar refractivity (Wildman–Crippen MR) is 97.6 cm³/mol. The third-order valence-electron chi connectivity index (χ3n) is 4.92. The van der Waals surface area contributed by atoms with Gasteiger partial charge in [0.25, 0.3) is 0 Å². The Morgan fingerprint density at radius 3 is 2.65 bits per heavy atom. The fraction of sp³-hybridized carbons (Fsp3) is 0.400. The number of aliphatic carboxylic acids is 1. The van der Waals surface area contributed by atoms with Crippen molar-refractivity contribution in [2.75, 3.05) is 27.3 Å². The van der Waals surface area contributed by atoms with Gasteiger partial charge in [-0.15, -0.1) is 0 Å². The molecule has 6 nitrogen and oxygen atoms in total. The highest BCUT2D eigenvalue weighted by Crippen LogP contribution is 2.41. The Morgan fingerprint density at radius 1 is 1.23 bits per heavy atom. The van der Waals surface area contributed by atoms with Gasteiger partial charge in [0.1, 0.15) is 0 Å². The van der Waals surface area contributed by atoms with E-state index in [0.29, 0.717) is 24.5 Å². The number of benzene rings is 1. The Morgan fingerprint density at radius 2 is 2.00 bits per heavy atom. The van der Waals surface area contributed by atoms with Crippen LogP contribution in [0.1, 0.15) is 30.0 Å². The molecule has 1 aromatic heterocycles. The van der Waals surface area contributed by atoms with Crippen LogP contribution in [0.3, 0.4) is 0 Å². The van der Waals surface area contributed by atoms with E-state index in [-0.39, 0.29) is 12.0 Å². The van der Waals surface area contributed by atoms with Crippen molar-refractivity contribution in [3.63, 3.8) is 0 Å². The first-order valence-electron chi connectivity index (χ1n) is 8.73. The second kappa shape index (κ2) is 8.19. The van der Waals surface area contributed by atoms with Crippen molar-refractivity contribution < 1.29 is 19.4 Å². The van der Waals surface area contributed by atoms with Crippen molar-refractivity contribution in [2.45, 2.75) is 18.9 Å². The molecule has 0 amide bonds. The summed E-state index contributed by atoms with van der Waals surface area (Å²) in [5, 5.41) is 9.48. The highest BCUT2D eigenvalue weighted by atomic mass is 16.5. The molecule has 26 heavy (non-hydrogen) atoms. The Labute approximate surface area is 153 Å². The molecule has 0 radical (unpaired) electrons. The monoisotopic (exact) mass is 356 g/mol. The number of ether oxygens (including phenoxy) is 2. The van der Waals surface area contributed by atoms with Gasteiger partial charge in [0, 0.05) is 24.5 Å². The molecule has 0 bridgehead atoms. The molecule has 1 aromatic carbocycles. The standard InChI is InChI=1S/C20H24N2O4/c1-25-17-7-3-6-16(19(17)26-2)18(14-8-10-21-11-9-14)22-12-4-5-15(13-22)20(23)24/h3,6-11,15,18H,4-5,12-13H2,1-2H3,(H,23,24). The van der Waals surface area contributed by atoms with Crippen LogP contribution in [0.15, 0.2) is 42.7 Å². The summed E-state index contributed by atoms with van der Waals surface area (Å²) >= 11 is 0. The molecule has 0 saturated carbocycles. The maximum Gasteiger partial charge on any atom is 0.307 e. The maximum atomic E-state index is 11.5. The Hall–Kier alpha value is -2.60. The predicted octanol–water partition coefficient (Wildman–Crippen LogP) is 2.98. The van der Waals surface area contributed by atoms with Gasteiger partial charge in [-0.1, -0.05) is 12.1 Å². The van der Waals surface area contributed by atoms with Crippen LogP contribution in [0.5, 0.6) is 11.5 Å². The summed E-state index contributed by atoms with van der Waals surface area (Å²) in [7, 11) is 3.24. The highest BCUT2D eigenvalue weighted by molar-refractivity contribution is 5.70. The molecule has 0 aliphatic carbocycles. The topological polar surface area (TPSA) is 71.9 Å². The third kappa shape index (κ3) is 3.65. The summed E-state index contributed by atoms with van der Waals surface area (Å²) in [4.78, 5) is 17.9. The van der Waals surface area contributed by atoms with Gasteiger partial charge in [-0.25, -0.2) is 0 Å². The Balaban J connectivity index is 2.07. The van der Waals surface area contributed by atoms with Gasteiger partial charge in [0.2, 0.25) is 0 Å². The molecule has 1 fully saturated rings. The van der Waals surface area contributed by atoms with Crippen molar-refractivity contribution in [3.8, 4) is 11.5 Å². The molecule has 1 saturated heterocycles. The Bertz CT molecular complexity index is 751. The van der Waals surface area contributed by atoms with Gasteiger partial charge >= 0.3 is 5.97 Å². The number of carboxylic acids is 1. The molecule has 0 spiro atoms. The van der Waals surface area contributed by atoms with E-state index in [1.807, 2.05) is 30.3 Å². The van der Waals surface area contributed by atoms with Crippen LogP contribution in [-0.4, -0.2) is 48.3 Å². The largest absolute Gasteiger partial charge is 0.493 e. The second-order valence-corrected chi connectivity index (χ2v) is 6.44. The van der Waals surface area contributed by atoms with Gasteiger partial charge in [-0.2, -0.15) is 0 Å². The van der Waals surface area contributed by atoms with Crippen molar-refractivity contribution in [1.82, 2.24) is 9.88 Å². The van der Waals surface area contributed by atoms with Crippen LogP contribution in [0, 0.1) is 5.92 Å². The number of piperidine rings is 1. The minimum atomic E-state index is -0.735. The van der Waals surface area contributed by atoms with Crippen molar-refractivity contribution in [3.05, 3.63) is 53.9 Å². The first-order valence-corrected chi connectivity index (χ1v) is 8.73. The van der Waals surface area contributed by atoms with Crippen LogP contribution in [0.25, 0.3) is 0 Å². The normalized spacial score (nSPS) is 18.9. The minimum absolute atomic E-state index is 0.120. The van der Waals surface area contributed by atoms with E-state index in [1.54, 1.807) is 26.6 Å². The van der Waals surface area contributed by atoms with Gasteiger partial charge in [-0.3, -0.25) is 14.7 Å². The van der Waals surface area contributed by atoms with Gasteiger partial charge in [0.15, 0.2) is 11.5 Å². The molecular weight excluding hydrogens is 332 g/mol. The van der Waals surface area contributed by atoms with E-state index in [9.17, 15) is 9.90 Å². The lowest BCUT2D eigenvalue weighted by Gasteiger charge is -2.38. The Kier molecular flexibility index (Phi) is 5.73. The number of nitrogens with zero attached hydrogens (tertiary/aromatic N) is 2. The molecule has 1 aliphatic rings. The van der Waals surface area contributed by atoms with E-state index in [4.69, 9.17) is 9.47 Å². The van der Waals surface area contributed by atoms with Gasteiger partial charge in [0.05, 0.1) is 26.2 Å². The van der Waals surface area contributed by atoms with E-state index in [2.05, 4.69) is 9.88 Å². The fourth-order valence-electron chi connectivity index (χ4n) is 3.70. The lowest BCUT2D eigenvalue weighted by Crippen LogP contribution is -2.41. The number of hydrogen-bond acceptors (Lipinski definition) is 5. The molecule has 1 N–H and O–H groups in total. The first kappa shape index (κ1) is 18.2. The zero-order valence-electron chi connectivity index (χ0n) is 15.1. The minimum Gasteiger partial charge on any atom is -0.493 e. The molecule has 3 rings (SSSR count). The smallest absolute Gasteiger partial charge is 0.307 e. The van der Waals surface area contributed by atoms with Gasteiger partial charge < -0.3 is 14.6 Å². The van der Waals surface area contributed by atoms with Crippen LogP contribution in [-0.2, 0) is 4.79 Å². The van der Waals surface area contributed by atoms with Crippen LogP contribution in [0.4, 0.5) is 0 Å². The highest BCUT2D eigenvalue weighted by Gasteiger charge is 2.33. The summed E-state index contributed by atoms with van der Waals surface area (Å²) in [5.74, 6) is 0.246. The maximum absolute atomic E-state index is 11.5. The zero-order valence-corrected chi connectivity index (χ0v) is 15.1. The van der Waals surface area contributed by atoms with Crippen molar-refractivity contribution >= 4 is 5.97 Å². The summed E-state index contributed by atoms with van der Waals surface area (Å²) in [6, 6.07) is 9.62. The molecule has 138 valence electrons. The van der Waals surface area contributed by atoms with E-state index >= 15 is 0 Å². The molecule has 2 aromatic rings. The molecule has 6 heteroatoms. The quantitative estimate of drug-likeness (QED) is 0.858. The van der Waals surface area contributed by atoms with Crippen molar-refractivity contribution in [2.24, 2.45) is 5.92 Å². The SMILES string of the molecule is COc1cccc(C(c2ccncc2)N2CCCC(C(=O)O)C2)c1OC. The molecule has 1 aliphatic heterocycles. The van der Waals surface area contributed by atoms with E-state index in [1.165, 1.54) is 0 Å². The van der Waals surface area contributed by atoms with Crippen LogP contribution >= 0.6 is 0 Å². The number of carbonyl (C=O) groups is 1. The molecule has 2 heterocycles. The van der Waals surface area contributed by atoms with E-state index < -0.39 is 5.97 Å². The van der Waals surface area contributed by atoms with Crippen LogP contribution < -0.4 is 9.47 Å². The second-order valence-electron chi connectivity index (χ2n) is 6.44.